The first-order valence-electron chi connectivity index (χ1n) is 8.20. The molecular weight excluding hydrogens is 334 g/mol. The van der Waals surface area contributed by atoms with Crippen LogP contribution in [0.3, 0.4) is 0 Å². The molecule has 0 N–H and O–H groups in total. The van der Waals surface area contributed by atoms with Gasteiger partial charge in [-0.05, 0) is 29.8 Å². The summed E-state index contributed by atoms with van der Waals surface area (Å²) in [6.45, 7) is 1.69. The number of nitrogens with zero attached hydrogens (tertiary/aromatic N) is 1. The zero-order chi connectivity index (χ0) is 17.5. The molecule has 25 heavy (non-hydrogen) atoms. The second kappa shape index (κ2) is 8.14. The summed E-state index contributed by atoms with van der Waals surface area (Å²) in [4.78, 5) is 2.46. The smallest absolute Gasteiger partial charge is 0.179 e. The van der Waals surface area contributed by atoms with Crippen LogP contribution < -0.4 is 0 Å². The van der Waals surface area contributed by atoms with E-state index in [2.05, 4.69) is 4.90 Å². The summed E-state index contributed by atoms with van der Waals surface area (Å²) in [5.41, 5.74) is 1.14. The summed E-state index contributed by atoms with van der Waals surface area (Å²) in [7, 11) is -3.30. The van der Waals surface area contributed by atoms with E-state index < -0.39 is 9.84 Å². The molecule has 0 unspecified atom stereocenters. The van der Waals surface area contributed by atoms with Crippen molar-refractivity contribution in [3.8, 4) is 0 Å². The average Bonchev–Trinajstić information content (AvgIpc) is 3.14. The van der Waals surface area contributed by atoms with Crippen LogP contribution in [-0.4, -0.2) is 25.6 Å². The molecule has 0 spiro atoms. The summed E-state index contributed by atoms with van der Waals surface area (Å²) >= 11 is 0. The van der Waals surface area contributed by atoms with Crippen LogP contribution in [0.15, 0.2) is 88.4 Å². The van der Waals surface area contributed by atoms with Gasteiger partial charge in [0.1, 0.15) is 5.76 Å². The Hall–Kier alpha value is -2.37. The molecule has 3 aromatic rings. The van der Waals surface area contributed by atoms with E-state index in [-0.39, 0.29) is 5.75 Å². The maximum absolute atomic E-state index is 12.5. The lowest BCUT2D eigenvalue weighted by molar-refractivity contribution is 0.248. The van der Waals surface area contributed by atoms with Gasteiger partial charge in [0.2, 0.25) is 0 Å². The maximum atomic E-state index is 12.5. The highest BCUT2D eigenvalue weighted by Crippen LogP contribution is 2.14. The SMILES string of the molecule is O=S(=O)(CCN(Cc1ccccc1)Cc1ccco1)c1ccccc1. The van der Waals surface area contributed by atoms with Gasteiger partial charge in [0.25, 0.3) is 0 Å². The molecule has 1 aromatic heterocycles. The Morgan fingerprint density at radius 1 is 0.800 bits per heavy atom. The average molecular weight is 355 g/mol. The van der Waals surface area contributed by atoms with Gasteiger partial charge in [-0.1, -0.05) is 48.5 Å². The minimum Gasteiger partial charge on any atom is -0.468 e. The second-order valence-corrected chi connectivity index (χ2v) is 8.02. The van der Waals surface area contributed by atoms with Crippen LogP contribution in [0.5, 0.6) is 0 Å². The molecule has 130 valence electrons. The van der Waals surface area contributed by atoms with Crippen molar-refractivity contribution < 1.29 is 12.8 Å². The lowest BCUT2D eigenvalue weighted by Crippen LogP contribution is -2.28. The zero-order valence-electron chi connectivity index (χ0n) is 13.9. The van der Waals surface area contributed by atoms with Crippen LogP contribution in [-0.2, 0) is 22.9 Å². The molecule has 0 aliphatic rings. The van der Waals surface area contributed by atoms with E-state index in [1.807, 2.05) is 48.5 Å². The first-order valence-corrected chi connectivity index (χ1v) is 9.85. The standard InChI is InChI=1S/C20H21NO3S/c22-25(23,20-11-5-2-6-12-20)15-13-21(17-19-10-7-14-24-19)16-18-8-3-1-4-9-18/h1-12,14H,13,15-17H2. The van der Waals surface area contributed by atoms with Crippen molar-refractivity contribution in [1.82, 2.24) is 4.90 Å². The van der Waals surface area contributed by atoms with Crippen molar-refractivity contribution >= 4 is 9.84 Å². The normalized spacial score (nSPS) is 11.7. The van der Waals surface area contributed by atoms with Crippen LogP contribution in [0.2, 0.25) is 0 Å². The van der Waals surface area contributed by atoms with E-state index in [4.69, 9.17) is 4.42 Å². The van der Waals surface area contributed by atoms with Gasteiger partial charge in [-0.2, -0.15) is 0 Å². The molecule has 5 heteroatoms. The van der Waals surface area contributed by atoms with Crippen molar-refractivity contribution in [3.05, 3.63) is 90.4 Å². The number of hydrogen-bond donors (Lipinski definition) is 0. The Kier molecular flexibility index (Phi) is 5.68. The Morgan fingerprint density at radius 2 is 1.48 bits per heavy atom. The fourth-order valence-corrected chi connectivity index (χ4v) is 3.98. The lowest BCUT2D eigenvalue weighted by Gasteiger charge is -2.21. The van der Waals surface area contributed by atoms with E-state index in [0.717, 1.165) is 11.3 Å². The molecule has 0 atom stereocenters. The molecule has 0 radical (unpaired) electrons. The Bertz CT molecular complexity index is 860. The number of furan rings is 1. The van der Waals surface area contributed by atoms with Crippen molar-refractivity contribution in [2.75, 3.05) is 12.3 Å². The van der Waals surface area contributed by atoms with E-state index in [1.54, 1.807) is 30.5 Å². The van der Waals surface area contributed by atoms with E-state index in [0.29, 0.717) is 24.5 Å². The molecular formula is C20H21NO3S. The maximum Gasteiger partial charge on any atom is 0.179 e. The topological polar surface area (TPSA) is 50.5 Å². The zero-order valence-corrected chi connectivity index (χ0v) is 14.7. The van der Waals surface area contributed by atoms with Crippen LogP contribution in [0.1, 0.15) is 11.3 Å². The molecule has 0 aliphatic carbocycles. The Morgan fingerprint density at radius 3 is 2.12 bits per heavy atom. The summed E-state index contributed by atoms with van der Waals surface area (Å²) in [6, 6.07) is 22.4. The summed E-state index contributed by atoms with van der Waals surface area (Å²) in [5, 5.41) is 0. The molecule has 0 aliphatic heterocycles. The van der Waals surface area contributed by atoms with Crippen molar-refractivity contribution in [1.29, 1.82) is 0 Å². The monoisotopic (exact) mass is 355 g/mol. The predicted molar refractivity (Wildman–Crippen MR) is 97.8 cm³/mol. The van der Waals surface area contributed by atoms with Crippen LogP contribution in [0.4, 0.5) is 0 Å². The number of sulfone groups is 1. The van der Waals surface area contributed by atoms with Crippen molar-refractivity contribution in [3.63, 3.8) is 0 Å². The van der Waals surface area contributed by atoms with Gasteiger partial charge in [0, 0.05) is 13.1 Å². The highest BCUT2D eigenvalue weighted by molar-refractivity contribution is 7.91. The third-order valence-electron chi connectivity index (χ3n) is 3.99. The van der Waals surface area contributed by atoms with Crippen LogP contribution in [0, 0.1) is 0 Å². The molecule has 0 amide bonds. The molecule has 4 nitrogen and oxygen atoms in total. The number of rotatable bonds is 8. The predicted octanol–water partition coefficient (Wildman–Crippen LogP) is 3.76. The Balaban J connectivity index is 1.71. The molecule has 0 saturated carbocycles. The summed E-state index contributed by atoms with van der Waals surface area (Å²) in [5.74, 6) is 0.901. The second-order valence-electron chi connectivity index (χ2n) is 5.91. The lowest BCUT2D eigenvalue weighted by atomic mass is 10.2. The third-order valence-corrected chi connectivity index (χ3v) is 5.70. The van der Waals surface area contributed by atoms with Crippen LogP contribution >= 0.6 is 0 Å². The number of hydrogen-bond acceptors (Lipinski definition) is 4. The van der Waals surface area contributed by atoms with Gasteiger partial charge in [-0.15, -0.1) is 0 Å². The van der Waals surface area contributed by atoms with Gasteiger partial charge >= 0.3 is 0 Å². The molecule has 1 heterocycles. The fourth-order valence-electron chi connectivity index (χ4n) is 2.67. The van der Waals surface area contributed by atoms with Gasteiger partial charge in [-0.3, -0.25) is 4.90 Å². The third kappa shape index (κ3) is 5.05. The van der Waals surface area contributed by atoms with E-state index in [1.165, 1.54) is 0 Å². The van der Waals surface area contributed by atoms with Crippen LogP contribution in [0.25, 0.3) is 0 Å². The molecule has 3 rings (SSSR count). The van der Waals surface area contributed by atoms with Gasteiger partial charge in [-0.25, -0.2) is 8.42 Å². The van der Waals surface area contributed by atoms with E-state index in [9.17, 15) is 8.42 Å². The van der Waals surface area contributed by atoms with Crippen molar-refractivity contribution in [2.45, 2.75) is 18.0 Å². The molecule has 2 aromatic carbocycles. The van der Waals surface area contributed by atoms with Gasteiger partial charge in [0.15, 0.2) is 9.84 Å². The molecule has 0 fully saturated rings. The summed E-state index contributed by atoms with van der Waals surface area (Å²) in [6.07, 6.45) is 1.64. The minimum atomic E-state index is -3.30. The minimum absolute atomic E-state index is 0.0740. The van der Waals surface area contributed by atoms with Crippen molar-refractivity contribution in [2.24, 2.45) is 0 Å². The van der Waals surface area contributed by atoms with Gasteiger partial charge < -0.3 is 4.42 Å². The highest BCUT2D eigenvalue weighted by atomic mass is 32.2. The first-order chi connectivity index (χ1) is 12.1. The fraction of sp³-hybridized carbons (Fsp3) is 0.200. The number of benzene rings is 2. The quantitative estimate of drug-likeness (QED) is 0.617. The Labute approximate surface area is 148 Å². The molecule has 0 saturated heterocycles. The van der Waals surface area contributed by atoms with Gasteiger partial charge in [0.05, 0.1) is 23.5 Å². The molecule has 0 bridgehead atoms. The summed E-state index contributed by atoms with van der Waals surface area (Å²) < 4.78 is 30.5. The highest BCUT2D eigenvalue weighted by Gasteiger charge is 2.17. The van der Waals surface area contributed by atoms with E-state index >= 15 is 0 Å². The largest absolute Gasteiger partial charge is 0.468 e. The first kappa shape index (κ1) is 17.5.